The van der Waals surface area contributed by atoms with Gasteiger partial charge in [0.15, 0.2) is 0 Å². The van der Waals surface area contributed by atoms with Crippen molar-refractivity contribution >= 4 is 49.4 Å². The van der Waals surface area contributed by atoms with Crippen molar-refractivity contribution in [2.45, 2.75) is 37.9 Å². The highest BCUT2D eigenvalue weighted by atomic mass is 35.5. The molecule has 0 bridgehead atoms. The van der Waals surface area contributed by atoms with E-state index in [9.17, 15) is 16.8 Å². The predicted octanol–water partition coefficient (Wildman–Crippen LogP) is 3.64. The number of hydrogen-bond acceptors (Lipinski definition) is 12. The smallest absolute Gasteiger partial charge is 0.339 e. The summed E-state index contributed by atoms with van der Waals surface area (Å²) in [5.74, 6) is 0.637. The highest BCUT2D eigenvalue weighted by Crippen LogP contribution is 2.34. The number of ether oxygens (including phenoxy) is 1. The van der Waals surface area contributed by atoms with E-state index >= 15 is 0 Å². The molecule has 16 heteroatoms. The number of rotatable bonds is 8. The third-order valence-corrected chi connectivity index (χ3v) is 8.01. The molecular weight excluding hydrogens is 620 g/mol. The van der Waals surface area contributed by atoms with Gasteiger partial charge in [-0.1, -0.05) is 23.7 Å². The van der Waals surface area contributed by atoms with E-state index in [1.807, 2.05) is 19.9 Å². The zero-order valence-electron chi connectivity index (χ0n) is 23.3. The molecule has 3 aromatic carbocycles. The van der Waals surface area contributed by atoms with E-state index in [0.717, 1.165) is 5.56 Å². The van der Waals surface area contributed by atoms with Gasteiger partial charge in [0.2, 0.25) is 11.9 Å². The lowest BCUT2D eigenvalue weighted by Gasteiger charge is -2.38. The highest BCUT2D eigenvalue weighted by molar-refractivity contribution is 7.87. The topological polar surface area (TPSA) is 211 Å². The molecule has 1 aliphatic heterocycles. The molecule has 1 heterocycles. The van der Waals surface area contributed by atoms with E-state index < -0.39 is 25.9 Å². The summed E-state index contributed by atoms with van der Waals surface area (Å²) in [5.41, 5.74) is 12.8. The molecule has 0 aromatic heterocycles. The minimum absolute atomic E-state index is 0.0188. The minimum atomic E-state index is -4.04. The molecule has 1 aliphatic rings. The Morgan fingerprint density at radius 2 is 1.63 bits per heavy atom. The van der Waals surface area contributed by atoms with E-state index in [1.54, 1.807) is 35.2 Å². The van der Waals surface area contributed by atoms with Crippen molar-refractivity contribution in [3.63, 3.8) is 0 Å². The summed E-state index contributed by atoms with van der Waals surface area (Å²) < 4.78 is 63.0. The van der Waals surface area contributed by atoms with E-state index in [1.165, 1.54) is 43.3 Å². The minimum Gasteiger partial charge on any atom is -0.487 e. The molecule has 228 valence electrons. The number of benzene rings is 3. The molecule has 0 spiro atoms. The first-order valence-corrected chi connectivity index (χ1v) is 15.8. The van der Waals surface area contributed by atoms with Gasteiger partial charge in [-0.05, 0) is 80.9 Å². The fourth-order valence-corrected chi connectivity index (χ4v) is 4.83. The van der Waals surface area contributed by atoms with Crippen molar-refractivity contribution in [3.05, 3.63) is 82.9 Å². The normalized spacial score (nSPS) is 14.4. The lowest BCUT2D eigenvalue weighted by atomic mass is 10.1. The zero-order valence-corrected chi connectivity index (χ0v) is 25.7. The van der Waals surface area contributed by atoms with Crippen molar-refractivity contribution < 1.29 is 30.3 Å². The van der Waals surface area contributed by atoms with E-state index in [4.69, 9.17) is 41.8 Å². The lowest BCUT2D eigenvalue weighted by Crippen LogP contribution is -2.54. The number of guanidine groups is 2. The van der Waals surface area contributed by atoms with Crippen molar-refractivity contribution in [2.75, 3.05) is 10.7 Å². The van der Waals surface area contributed by atoms with Crippen LogP contribution in [0.2, 0.25) is 5.02 Å². The van der Waals surface area contributed by atoms with Gasteiger partial charge in [-0.2, -0.15) is 27.1 Å². The van der Waals surface area contributed by atoms with Crippen LogP contribution < -0.4 is 25.3 Å². The quantitative estimate of drug-likeness (QED) is 0.237. The maximum Gasteiger partial charge on any atom is 0.339 e. The number of aliphatic imine (C=N–C) groups is 2. The Labute approximate surface area is 254 Å². The van der Waals surface area contributed by atoms with Crippen LogP contribution in [0.1, 0.15) is 31.9 Å². The average Bonchev–Trinajstić information content (AvgIpc) is 2.92. The molecular formula is C27H29ClN6O7S2. The summed E-state index contributed by atoms with van der Waals surface area (Å²) in [6, 6.07) is 19.0. The molecule has 0 fully saturated rings. The molecule has 5 N–H and O–H groups in total. The van der Waals surface area contributed by atoms with Gasteiger partial charge >= 0.3 is 10.1 Å². The molecule has 0 atom stereocenters. The van der Waals surface area contributed by atoms with Crippen molar-refractivity contribution in [2.24, 2.45) is 21.5 Å². The van der Waals surface area contributed by atoms with Crippen LogP contribution in [-0.2, 0) is 26.8 Å². The third kappa shape index (κ3) is 9.06. The second-order valence-electron chi connectivity index (χ2n) is 9.36. The van der Waals surface area contributed by atoms with E-state index in [2.05, 4.69) is 9.98 Å². The fraction of sp³-hybridized carbons (Fsp3) is 0.222. The monoisotopic (exact) mass is 648 g/mol. The Morgan fingerprint density at radius 3 is 2.14 bits per heavy atom. The molecule has 43 heavy (non-hydrogen) atoms. The van der Waals surface area contributed by atoms with Crippen LogP contribution in [-0.4, -0.2) is 44.7 Å². The second-order valence-corrected chi connectivity index (χ2v) is 13.1. The first-order valence-electron chi connectivity index (χ1n) is 12.5. The number of hydrogen-bond donors (Lipinski definition) is 3. The van der Waals surface area contributed by atoms with Gasteiger partial charge in [0.25, 0.3) is 10.1 Å². The van der Waals surface area contributed by atoms with Crippen molar-refractivity contribution in [3.8, 4) is 17.6 Å². The van der Waals surface area contributed by atoms with Crippen LogP contribution in [0, 0.1) is 11.3 Å². The van der Waals surface area contributed by atoms with Gasteiger partial charge in [-0.3, -0.25) is 9.45 Å². The largest absolute Gasteiger partial charge is 0.487 e. The Kier molecular flexibility index (Phi) is 10.3. The van der Waals surface area contributed by atoms with Crippen molar-refractivity contribution in [1.29, 1.82) is 5.26 Å². The molecule has 0 aliphatic carbocycles. The standard InChI is InChI=1S/C25H23ClN6O4S.C2H6O3S/c1-25(2)31-23(28)30-24(29)32(25)18-7-12-22(21(26)13-18)35-15-17-5-10-20(11-6-17)37(33,34)36-19-8-3-16(14-27)4-9-19;1-2-6(3,4)5/h3-13H,15H2,1-2H3,(H4,28,29,30,31);2H2,1H3,(H,3,4,5). The third-order valence-electron chi connectivity index (χ3n) is 5.73. The van der Waals surface area contributed by atoms with Crippen LogP contribution in [0.15, 0.2) is 81.6 Å². The van der Waals surface area contributed by atoms with Gasteiger partial charge in [0.05, 0.1) is 22.4 Å². The molecule has 0 unspecified atom stereocenters. The zero-order chi connectivity index (χ0) is 32.0. The van der Waals surface area contributed by atoms with E-state index in [-0.39, 0.29) is 34.9 Å². The number of anilines is 1. The molecule has 3 aromatic rings. The summed E-state index contributed by atoms with van der Waals surface area (Å²) in [7, 11) is -7.70. The Bertz CT molecular complexity index is 1790. The number of nitrogens with zero attached hydrogens (tertiary/aromatic N) is 4. The summed E-state index contributed by atoms with van der Waals surface area (Å²) in [6.07, 6.45) is 0. The van der Waals surface area contributed by atoms with Crippen LogP contribution in [0.4, 0.5) is 5.69 Å². The van der Waals surface area contributed by atoms with Gasteiger partial charge < -0.3 is 20.4 Å². The van der Waals surface area contributed by atoms with Crippen LogP contribution in [0.5, 0.6) is 11.5 Å². The lowest BCUT2D eigenvalue weighted by molar-refractivity contribution is 0.306. The summed E-state index contributed by atoms with van der Waals surface area (Å²) in [5, 5.41) is 9.20. The molecule has 0 radical (unpaired) electrons. The number of nitriles is 1. The van der Waals surface area contributed by atoms with E-state index in [0.29, 0.717) is 22.0 Å². The van der Waals surface area contributed by atoms with Gasteiger partial charge in [0, 0.05) is 5.69 Å². The summed E-state index contributed by atoms with van der Waals surface area (Å²) in [4.78, 5) is 10.0. The Balaban J connectivity index is 0.000000765. The first kappa shape index (κ1) is 33.1. The first-order chi connectivity index (χ1) is 20.0. The average molecular weight is 649 g/mol. The highest BCUT2D eigenvalue weighted by Gasteiger charge is 2.33. The molecule has 0 amide bonds. The van der Waals surface area contributed by atoms with Crippen molar-refractivity contribution in [1.82, 2.24) is 0 Å². The SMILES string of the molecule is CC1(C)N=C(N)N=C(N)N1c1ccc(OCc2ccc(S(=O)(=O)Oc3ccc(C#N)cc3)cc2)c(Cl)c1.CCS(=O)(=O)O. The number of halogens is 1. The maximum atomic E-state index is 12.6. The fourth-order valence-electron chi connectivity index (χ4n) is 3.67. The molecule has 13 nitrogen and oxygen atoms in total. The van der Waals surface area contributed by atoms with Gasteiger partial charge in [-0.25, -0.2) is 4.99 Å². The summed E-state index contributed by atoms with van der Waals surface area (Å²) >= 11 is 6.46. The van der Waals surface area contributed by atoms with Crippen LogP contribution >= 0.6 is 11.6 Å². The Morgan fingerprint density at radius 1 is 1.02 bits per heavy atom. The summed E-state index contributed by atoms with van der Waals surface area (Å²) in [6.45, 7) is 5.21. The second kappa shape index (κ2) is 13.3. The molecule has 0 saturated heterocycles. The van der Waals surface area contributed by atoms with Crippen LogP contribution in [0.3, 0.4) is 0 Å². The molecule has 0 saturated carbocycles. The molecule has 4 rings (SSSR count). The predicted molar refractivity (Wildman–Crippen MR) is 163 cm³/mol. The number of nitrogens with two attached hydrogens (primary N) is 2. The Hall–Kier alpha value is -4.36. The van der Waals surface area contributed by atoms with Crippen LogP contribution in [0.25, 0.3) is 0 Å². The van der Waals surface area contributed by atoms with Gasteiger partial charge in [-0.15, -0.1) is 0 Å². The maximum absolute atomic E-state index is 12.6. The van der Waals surface area contributed by atoms with Gasteiger partial charge in [0.1, 0.15) is 28.7 Å².